The Balaban J connectivity index is 1.64. The van der Waals surface area contributed by atoms with E-state index < -0.39 is 10.2 Å². The van der Waals surface area contributed by atoms with Crippen LogP contribution in [-0.4, -0.2) is 59.8 Å². The highest BCUT2D eigenvalue weighted by Crippen LogP contribution is 2.39. The number of nitriles is 1. The van der Waals surface area contributed by atoms with Crippen molar-refractivity contribution < 1.29 is 13.2 Å². The summed E-state index contributed by atoms with van der Waals surface area (Å²) in [5, 5.41) is 17.7. The molecule has 0 spiro atoms. The minimum atomic E-state index is -3.77. The van der Waals surface area contributed by atoms with E-state index in [-0.39, 0.29) is 32.2 Å². The molecule has 1 aliphatic rings. The van der Waals surface area contributed by atoms with Crippen molar-refractivity contribution in [3.05, 3.63) is 53.3 Å². The minimum absolute atomic E-state index is 0.136. The van der Waals surface area contributed by atoms with Gasteiger partial charge in [-0.3, -0.25) is 10.3 Å². The van der Waals surface area contributed by atoms with Crippen molar-refractivity contribution in [1.82, 2.24) is 19.2 Å². The fourth-order valence-corrected chi connectivity index (χ4v) is 5.42. The van der Waals surface area contributed by atoms with Gasteiger partial charge in [0.2, 0.25) is 0 Å². The van der Waals surface area contributed by atoms with Gasteiger partial charge in [0, 0.05) is 43.1 Å². The average Bonchev–Trinajstić information content (AvgIpc) is 3.22. The smallest absolute Gasteiger partial charge is 0.322 e. The van der Waals surface area contributed by atoms with Crippen molar-refractivity contribution in [3.63, 3.8) is 0 Å². The molecule has 3 aromatic rings. The van der Waals surface area contributed by atoms with Crippen LogP contribution < -0.4 is 10.5 Å². The maximum Gasteiger partial charge on any atom is 0.323 e. The van der Waals surface area contributed by atoms with Crippen LogP contribution in [0.2, 0.25) is 0 Å². The van der Waals surface area contributed by atoms with Crippen LogP contribution in [0.3, 0.4) is 0 Å². The van der Waals surface area contributed by atoms with Crippen LogP contribution in [0.4, 0.5) is 9.93 Å². The van der Waals surface area contributed by atoms with Crippen LogP contribution in [0.25, 0.3) is 21.7 Å². The Hall–Kier alpha value is -3.37. The van der Waals surface area contributed by atoms with Crippen molar-refractivity contribution in [1.29, 1.82) is 5.26 Å². The molecule has 1 saturated heterocycles. The summed E-state index contributed by atoms with van der Waals surface area (Å²) >= 11 is 1.33. The fourth-order valence-electron chi connectivity index (χ4n) is 3.78. The number of carbonyl (C=O) groups is 1. The van der Waals surface area contributed by atoms with Crippen LogP contribution >= 0.6 is 11.3 Å². The summed E-state index contributed by atoms with van der Waals surface area (Å²) in [5.74, 6) is 0. The first kappa shape index (κ1) is 23.8. The van der Waals surface area contributed by atoms with Crippen LogP contribution in [-0.2, 0) is 10.2 Å². The van der Waals surface area contributed by atoms with Crippen molar-refractivity contribution in [3.8, 4) is 27.8 Å². The van der Waals surface area contributed by atoms with E-state index in [1.807, 2.05) is 32.0 Å². The molecule has 0 radical (unpaired) electrons. The number of hydrogen-bond donors (Lipinski definition) is 2. The molecule has 0 aliphatic carbocycles. The van der Waals surface area contributed by atoms with E-state index in [0.29, 0.717) is 16.4 Å². The van der Waals surface area contributed by atoms with Crippen molar-refractivity contribution >= 4 is 32.7 Å². The zero-order valence-electron chi connectivity index (χ0n) is 18.6. The third-order valence-electron chi connectivity index (χ3n) is 5.34. The molecule has 1 fully saturated rings. The van der Waals surface area contributed by atoms with Gasteiger partial charge in [-0.2, -0.15) is 18.0 Å². The molecule has 3 heterocycles. The summed E-state index contributed by atoms with van der Waals surface area (Å²) in [6.07, 6.45) is 0. The maximum absolute atomic E-state index is 12.9. The standard InChI is InChI=1S/C22H23N7O3S2/c1-14-10-18(11-15(2)25-14)20-19(17-5-3-4-16(12-17)13-23)26-21(33-20)27-22(30)28-6-8-29(9-7-28)34(24,31)32/h3-5,10-12H,6-9H2,1-2H3,(H2,24,31,32)(H,26,27,30). The van der Waals surface area contributed by atoms with Crippen LogP contribution in [0.15, 0.2) is 36.4 Å². The monoisotopic (exact) mass is 497 g/mol. The predicted octanol–water partition coefficient (Wildman–Crippen LogP) is 2.71. The number of piperazine rings is 1. The molecule has 2 amide bonds. The molecule has 0 bridgehead atoms. The molecule has 0 unspecified atom stereocenters. The molecular formula is C22H23N7O3S2. The number of amides is 2. The van der Waals surface area contributed by atoms with E-state index in [4.69, 9.17) is 5.14 Å². The first-order valence-electron chi connectivity index (χ1n) is 10.4. The highest BCUT2D eigenvalue weighted by molar-refractivity contribution is 7.86. The number of rotatable bonds is 4. The number of anilines is 1. The third-order valence-corrected chi connectivity index (χ3v) is 7.44. The normalized spacial score (nSPS) is 14.6. The van der Waals surface area contributed by atoms with Gasteiger partial charge in [0.15, 0.2) is 5.13 Å². The van der Waals surface area contributed by atoms with E-state index in [2.05, 4.69) is 21.4 Å². The second-order valence-corrected chi connectivity index (χ2v) is 10.4. The molecule has 3 N–H and O–H groups in total. The lowest BCUT2D eigenvalue weighted by Gasteiger charge is -2.32. The number of benzene rings is 1. The Bertz CT molecular complexity index is 1370. The molecular weight excluding hydrogens is 474 g/mol. The highest BCUT2D eigenvalue weighted by Gasteiger charge is 2.27. The number of nitrogens with two attached hydrogens (primary N) is 1. The van der Waals surface area contributed by atoms with Gasteiger partial charge in [0.25, 0.3) is 10.2 Å². The summed E-state index contributed by atoms with van der Waals surface area (Å²) in [7, 11) is -3.77. The van der Waals surface area contributed by atoms with Gasteiger partial charge in [-0.25, -0.2) is 14.9 Å². The Kier molecular flexibility index (Phi) is 6.63. The number of nitrogens with one attached hydrogen (secondary N) is 1. The molecule has 1 aliphatic heterocycles. The highest BCUT2D eigenvalue weighted by atomic mass is 32.2. The van der Waals surface area contributed by atoms with Gasteiger partial charge in [0.1, 0.15) is 0 Å². The van der Waals surface area contributed by atoms with Crippen molar-refractivity contribution in [2.75, 3.05) is 31.5 Å². The molecule has 4 rings (SSSR count). The van der Waals surface area contributed by atoms with Gasteiger partial charge >= 0.3 is 6.03 Å². The largest absolute Gasteiger partial charge is 0.323 e. The lowest BCUT2D eigenvalue weighted by molar-refractivity contribution is 0.184. The van der Waals surface area contributed by atoms with Gasteiger partial charge < -0.3 is 4.90 Å². The number of aromatic nitrogens is 2. The second-order valence-electron chi connectivity index (χ2n) is 7.89. The summed E-state index contributed by atoms with van der Waals surface area (Å²) in [4.78, 5) is 24.4. The molecule has 10 nitrogen and oxygen atoms in total. The topological polar surface area (TPSA) is 145 Å². The zero-order chi connectivity index (χ0) is 24.5. The molecule has 2 aromatic heterocycles. The Morgan fingerprint density at radius 3 is 2.38 bits per heavy atom. The first-order chi connectivity index (χ1) is 16.1. The summed E-state index contributed by atoms with van der Waals surface area (Å²) < 4.78 is 24.2. The van der Waals surface area contributed by atoms with E-state index in [1.165, 1.54) is 16.2 Å². The quantitative estimate of drug-likeness (QED) is 0.567. The van der Waals surface area contributed by atoms with Gasteiger partial charge in [0.05, 0.1) is 22.2 Å². The number of aryl methyl sites for hydroxylation is 2. The Morgan fingerprint density at radius 2 is 1.76 bits per heavy atom. The molecule has 0 atom stereocenters. The third kappa shape index (κ3) is 5.23. The lowest BCUT2D eigenvalue weighted by Crippen LogP contribution is -2.53. The fraction of sp³-hybridized carbons (Fsp3) is 0.273. The Labute approximate surface area is 201 Å². The number of nitrogens with zero attached hydrogens (tertiary/aromatic N) is 5. The second kappa shape index (κ2) is 9.47. The van der Waals surface area contributed by atoms with Crippen LogP contribution in [0, 0.1) is 25.2 Å². The molecule has 12 heteroatoms. The predicted molar refractivity (Wildman–Crippen MR) is 130 cm³/mol. The van der Waals surface area contributed by atoms with Crippen molar-refractivity contribution in [2.24, 2.45) is 5.14 Å². The van der Waals surface area contributed by atoms with Crippen LogP contribution in [0.5, 0.6) is 0 Å². The number of hydrogen-bond acceptors (Lipinski definition) is 7. The van der Waals surface area contributed by atoms with Gasteiger partial charge in [-0.1, -0.05) is 23.5 Å². The molecule has 0 saturated carbocycles. The summed E-state index contributed by atoms with van der Waals surface area (Å²) in [5.41, 5.74) is 4.57. The zero-order valence-corrected chi connectivity index (χ0v) is 20.3. The van der Waals surface area contributed by atoms with E-state index in [1.54, 1.807) is 18.2 Å². The average molecular weight is 498 g/mol. The van der Waals surface area contributed by atoms with Gasteiger partial charge in [-0.05, 0) is 43.7 Å². The number of pyridine rings is 1. The number of carbonyl (C=O) groups excluding carboxylic acids is 1. The maximum atomic E-state index is 12.9. The van der Waals surface area contributed by atoms with E-state index in [0.717, 1.165) is 31.7 Å². The molecule has 1 aromatic carbocycles. The lowest BCUT2D eigenvalue weighted by atomic mass is 10.0. The molecule has 34 heavy (non-hydrogen) atoms. The molecule has 176 valence electrons. The summed E-state index contributed by atoms with van der Waals surface area (Å²) in [6, 6.07) is 12.8. The Morgan fingerprint density at radius 1 is 1.09 bits per heavy atom. The van der Waals surface area contributed by atoms with Crippen LogP contribution in [0.1, 0.15) is 17.0 Å². The summed E-state index contributed by atoms with van der Waals surface area (Å²) in [6.45, 7) is 4.55. The minimum Gasteiger partial charge on any atom is -0.322 e. The number of thiazole rings is 1. The van der Waals surface area contributed by atoms with E-state index in [9.17, 15) is 18.5 Å². The van der Waals surface area contributed by atoms with Gasteiger partial charge in [-0.15, -0.1) is 0 Å². The van der Waals surface area contributed by atoms with E-state index >= 15 is 0 Å². The first-order valence-corrected chi connectivity index (χ1v) is 12.8. The SMILES string of the molecule is Cc1cc(-c2sc(NC(=O)N3CCN(S(N)(=O)=O)CC3)nc2-c2cccc(C#N)c2)cc(C)n1. The number of urea groups is 1. The van der Waals surface area contributed by atoms with Crippen molar-refractivity contribution in [2.45, 2.75) is 13.8 Å².